The molecule has 1 aliphatic heterocycles. The molecule has 1 heterocycles. The largest absolute Gasteiger partial charge is 0.461 e. The van der Waals surface area contributed by atoms with Gasteiger partial charge >= 0.3 is 12.1 Å². The Kier molecular flexibility index (Phi) is 7.57. The molecule has 3 rings (SSSR count). The van der Waals surface area contributed by atoms with Crippen LogP contribution in [0.4, 0.5) is 4.79 Å². The van der Waals surface area contributed by atoms with Gasteiger partial charge in [-0.3, -0.25) is 14.5 Å². The lowest BCUT2D eigenvalue weighted by molar-refractivity contribution is -0.151. The number of esters is 1. The first kappa shape index (κ1) is 23.1. The van der Waals surface area contributed by atoms with E-state index in [0.717, 1.165) is 24.8 Å². The van der Waals surface area contributed by atoms with Crippen LogP contribution in [0.5, 0.6) is 0 Å². The Morgan fingerprint density at radius 1 is 1.03 bits per heavy atom. The third-order valence-corrected chi connectivity index (χ3v) is 5.81. The number of nitrogens with zero attached hydrogens (tertiary/aromatic N) is 1. The summed E-state index contributed by atoms with van der Waals surface area (Å²) in [5.41, 5.74) is 0.386. The van der Waals surface area contributed by atoms with Crippen LogP contribution in [0, 0.1) is 5.92 Å². The van der Waals surface area contributed by atoms with E-state index in [1.54, 1.807) is 0 Å². The van der Waals surface area contributed by atoms with Gasteiger partial charge in [-0.2, -0.15) is 0 Å². The molecule has 0 spiro atoms. The van der Waals surface area contributed by atoms with Crippen molar-refractivity contribution in [2.75, 3.05) is 6.54 Å². The molecule has 1 aliphatic carbocycles. The Labute approximate surface area is 184 Å². The van der Waals surface area contributed by atoms with E-state index in [1.165, 1.54) is 4.90 Å². The normalized spacial score (nSPS) is 23.8. The fourth-order valence-corrected chi connectivity index (χ4v) is 4.20. The first-order valence-corrected chi connectivity index (χ1v) is 11.2. The van der Waals surface area contributed by atoms with Crippen molar-refractivity contribution < 1.29 is 23.9 Å². The maximum atomic E-state index is 12.8. The molecule has 7 nitrogen and oxygen atoms in total. The number of rotatable bonds is 5. The Hall–Kier alpha value is -2.57. The number of ether oxygens (including phenoxy) is 2. The third-order valence-electron chi connectivity index (χ3n) is 5.81. The molecule has 1 N–H and O–H groups in total. The molecule has 0 bridgehead atoms. The molecule has 0 aromatic heterocycles. The zero-order valence-electron chi connectivity index (χ0n) is 18.8. The molecule has 1 saturated heterocycles. The summed E-state index contributed by atoms with van der Waals surface area (Å²) in [6.07, 6.45) is 3.85. The predicted octanol–water partition coefficient (Wildman–Crippen LogP) is 3.80. The molecule has 2 aliphatic rings. The molecule has 0 radical (unpaired) electrons. The van der Waals surface area contributed by atoms with Crippen LogP contribution in [0.2, 0.25) is 0 Å². The molecule has 31 heavy (non-hydrogen) atoms. The fraction of sp³-hybridized carbons (Fsp3) is 0.625. The Morgan fingerprint density at radius 2 is 1.71 bits per heavy atom. The van der Waals surface area contributed by atoms with Gasteiger partial charge in [-0.1, -0.05) is 30.3 Å². The number of benzene rings is 1. The van der Waals surface area contributed by atoms with Crippen molar-refractivity contribution in [2.45, 2.75) is 83.6 Å². The lowest BCUT2D eigenvalue weighted by Gasteiger charge is -2.31. The standard InChI is InChI=1S/C24H34N2O5/c1-24(2,3)31-23(29)26-15-7-10-20(26)21(27)25-19-13-11-18(12-14-19)22(28)30-16-17-8-5-4-6-9-17/h4-6,8-9,18-20H,7,10-16H2,1-3H3,(H,25,27). The first-order valence-electron chi connectivity index (χ1n) is 11.2. The fourth-order valence-electron chi connectivity index (χ4n) is 4.20. The quantitative estimate of drug-likeness (QED) is 0.718. The van der Waals surface area contributed by atoms with E-state index in [2.05, 4.69) is 5.32 Å². The number of likely N-dealkylation sites (tertiary alicyclic amines) is 1. The molecular weight excluding hydrogens is 396 g/mol. The number of hydrogen-bond acceptors (Lipinski definition) is 5. The smallest absolute Gasteiger partial charge is 0.410 e. The van der Waals surface area contributed by atoms with E-state index in [0.29, 0.717) is 32.4 Å². The number of carbonyl (C=O) groups excluding carboxylic acids is 3. The summed E-state index contributed by atoms with van der Waals surface area (Å²) >= 11 is 0. The highest BCUT2D eigenvalue weighted by molar-refractivity contribution is 5.86. The van der Waals surface area contributed by atoms with Crippen molar-refractivity contribution in [3.8, 4) is 0 Å². The van der Waals surface area contributed by atoms with E-state index in [9.17, 15) is 14.4 Å². The van der Waals surface area contributed by atoms with Crippen LogP contribution in [-0.4, -0.2) is 47.1 Å². The van der Waals surface area contributed by atoms with E-state index >= 15 is 0 Å². The zero-order valence-corrected chi connectivity index (χ0v) is 18.8. The lowest BCUT2D eigenvalue weighted by atomic mass is 9.86. The second kappa shape index (κ2) is 10.2. The van der Waals surface area contributed by atoms with Crippen molar-refractivity contribution in [2.24, 2.45) is 5.92 Å². The van der Waals surface area contributed by atoms with Crippen LogP contribution in [0.1, 0.15) is 64.9 Å². The number of hydrogen-bond donors (Lipinski definition) is 1. The van der Waals surface area contributed by atoms with Crippen molar-refractivity contribution in [3.05, 3.63) is 35.9 Å². The molecule has 2 fully saturated rings. The van der Waals surface area contributed by atoms with Crippen LogP contribution in [0.3, 0.4) is 0 Å². The summed E-state index contributed by atoms with van der Waals surface area (Å²) in [5, 5.41) is 3.09. The molecule has 1 aromatic carbocycles. The second-order valence-electron chi connectivity index (χ2n) is 9.48. The molecule has 1 unspecified atom stereocenters. The van der Waals surface area contributed by atoms with Crippen molar-refractivity contribution in [1.82, 2.24) is 10.2 Å². The van der Waals surface area contributed by atoms with Gasteiger partial charge in [0, 0.05) is 12.6 Å². The van der Waals surface area contributed by atoms with Crippen LogP contribution in [0.25, 0.3) is 0 Å². The second-order valence-corrected chi connectivity index (χ2v) is 9.48. The van der Waals surface area contributed by atoms with Gasteiger partial charge < -0.3 is 14.8 Å². The van der Waals surface area contributed by atoms with Gasteiger partial charge in [-0.05, 0) is 64.9 Å². The number of nitrogens with one attached hydrogen (secondary N) is 1. The monoisotopic (exact) mass is 430 g/mol. The van der Waals surface area contributed by atoms with Crippen molar-refractivity contribution in [3.63, 3.8) is 0 Å². The molecule has 7 heteroatoms. The van der Waals surface area contributed by atoms with Crippen LogP contribution in [-0.2, 0) is 25.7 Å². The highest BCUT2D eigenvalue weighted by Gasteiger charge is 2.38. The highest BCUT2D eigenvalue weighted by Crippen LogP contribution is 2.27. The molecule has 1 atom stereocenters. The minimum Gasteiger partial charge on any atom is -0.461 e. The van der Waals surface area contributed by atoms with Crippen LogP contribution in [0.15, 0.2) is 30.3 Å². The zero-order chi connectivity index (χ0) is 22.4. The molecule has 2 amide bonds. The van der Waals surface area contributed by atoms with Gasteiger partial charge in [0.05, 0.1) is 5.92 Å². The molecular formula is C24H34N2O5. The molecule has 170 valence electrons. The van der Waals surface area contributed by atoms with E-state index < -0.39 is 17.7 Å². The summed E-state index contributed by atoms with van der Waals surface area (Å²) in [6.45, 7) is 6.28. The third kappa shape index (κ3) is 6.71. The Bertz CT molecular complexity index is 766. The minimum absolute atomic E-state index is 0.0201. The van der Waals surface area contributed by atoms with Gasteiger partial charge in [0.2, 0.25) is 5.91 Å². The highest BCUT2D eigenvalue weighted by atomic mass is 16.6. The maximum Gasteiger partial charge on any atom is 0.410 e. The van der Waals surface area contributed by atoms with Crippen LogP contribution >= 0.6 is 0 Å². The first-order chi connectivity index (χ1) is 14.7. The maximum absolute atomic E-state index is 12.8. The summed E-state index contributed by atoms with van der Waals surface area (Å²) in [7, 11) is 0. The van der Waals surface area contributed by atoms with E-state index in [1.807, 2.05) is 51.1 Å². The molecule has 1 aromatic rings. The summed E-state index contributed by atoms with van der Waals surface area (Å²) in [6, 6.07) is 9.18. The van der Waals surface area contributed by atoms with Crippen molar-refractivity contribution >= 4 is 18.0 Å². The van der Waals surface area contributed by atoms with E-state index in [-0.39, 0.29) is 23.8 Å². The van der Waals surface area contributed by atoms with Gasteiger partial charge in [0.25, 0.3) is 0 Å². The van der Waals surface area contributed by atoms with E-state index in [4.69, 9.17) is 9.47 Å². The van der Waals surface area contributed by atoms with Crippen LogP contribution < -0.4 is 5.32 Å². The average molecular weight is 431 g/mol. The summed E-state index contributed by atoms with van der Waals surface area (Å²) in [4.78, 5) is 39.1. The van der Waals surface area contributed by atoms with Gasteiger partial charge in [-0.15, -0.1) is 0 Å². The van der Waals surface area contributed by atoms with Gasteiger partial charge in [0.15, 0.2) is 0 Å². The summed E-state index contributed by atoms with van der Waals surface area (Å²) in [5.74, 6) is -0.416. The lowest BCUT2D eigenvalue weighted by Crippen LogP contribution is -2.50. The van der Waals surface area contributed by atoms with Gasteiger partial charge in [0.1, 0.15) is 18.2 Å². The number of carbonyl (C=O) groups is 3. The summed E-state index contributed by atoms with van der Waals surface area (Å²) < 4.78 is 10.9. The molecule has 1 saturated carbocycles. The Morgan fingerprint density at radius 3 is 2.35 bits per heavy atom. The number of amides is 2. The van der Waals surface area contributed by atoms with Crippen molar-refractivity contribution in [1.29, 1.82) is 0 Å². The predicted molar refractivity (Wildman–Crippen MR) is 116 cm³/mol. The SMILES string of the molecule is CC(C)(C)OC(=O)N1CCCC1C(=O)NC1CCC(C(=O)OCc2ccccc2)CC1. The topological polar surface area (TPSA) is 84.9 Å². The van der Waals surface area contributed by atoms with Gasteiger partial charge in [-0.25, -0.2) is 4.79 Å². The average Bonchev–Trinajstić information content (AvgIpc) is 3.22. The Balaban J connectivity index is 1.43. The minimum atomic E-state index is -0.589.